The summed E-state index contributed by atoms with van der Waals surface area (Å²) in [5.74, 6) is 1.90. The van der Waals surface area contributed by atoms with E-state index in [1.165, 1.54) is 18.4 Å². The van der Waals surface area contributed by atoms with E-state index in [4.69, 9.17) is 21.7 Å². The number of thiocarbonyl (C=S) groups is 1. The highest BCUT2D eigenvalue weighted by Gasteiger charge is 2.23. The van der Waals surface area contributed by atoms with E-state index in [2.05, 4.69) is 29.7 Å². The standard InChI is InChI=1S/C16H22N2O2S/c1-3-19-14-7-11-6-10(2)20-15(11)8-12(14)9-17-16(21)18-13-4-5-13/h7-8,10,13H,3-6,9H2,1-2H3,(H2,17,18,21)/t10-/m1/s1. The number of benzene rings is 1. The molecule has 0 saturated heterocycles. The maximum Gasteiger partial charge on any atom is 0.166 e. The van der Waals surface area contributed by atoms with Gasteiger partial charge in [0.05, 0.1) is 6.61 Å². The van der Waals surface area contributed by atoms with Gasteiger partial charge in [-0.15, -0.1) is 0 Å². The lowest BCUT2D eigenvalue weighted by Gasteiger charge is -2.14. The summed E-state index contributed by atoms with van der Waals surface area (Å²) in [6, 6.07) is 4.76. The van der Waals surface area contributed by atoms with E-state index in [1.807, 2.05) is 6.92 Å². The van der Waals surface area contributed by atoms with Crippen molar-refractivity contribution in [2.75, 3.05) is 6.61 Å². The van der Waals surface area contributed by atoms with Gasteiger partial charge in [0.2, 0.25) is 0 Å². The van der Waals surface area contributed by atoms with E-state index in [9.17, 15) is 0 Å². The summed E-state index contributed by atoms with van der Waals surface area (Å²) in [5.41, 5.74) is 2.32. The summed E-state index contributed by atoms with van der Waals surface area (Å²) < 4.78 is 11.6. The van der Waals surface area contributed by atoms with Crippen molar-refractivity contribution in [3.05, 3.63) is 23.3 Å². The fourth-order valence-corrected chi connectivity index (χ4v) is 2.79. The fraction of sp³-hybridized carbons (Fsp3) is 0.562. The first-order valence-corrected chi connectivity index (χ1v) is 8.06. The molecular weight excluding hydrogens is 284 g/mol. The van der Waals surface area contributed by atoms with Crippen LogP contribution in [0.5, 0.6) is 11.5 Å². The molecule has 1 aliphatic carbocycles. The number of nitrogens with one attached hydrogen (secondary N) is 2. The summed E-state index contributed by atoms with van der Waals surface area (Å²) in [5, 5.41) is 7.26. The lowest BCUT2D eigenvalue weighted by Crippen LogP contribution is -2.36. The van der Waals surface area contributed by atoms with Gasteiger partial charge in [-0.2, -0.15) is 0 Å². The number of hydrogen-bond acceptors (Lipinski definition) is 3. The SMILES string of the molecule is CCOc1cc2c(cc1CNC(=S)NC1CC1)O[C@H](C)C2. The van der Waals surface area contributed by atoms with Gasteiger partial charge in [0.1, 0.15) is 17.6 Å². The van der Waals surface area contributed by atoms with E-state index in [0.29, 0.717) is 19.2 Å². The molecule has 4 nitrogen and oxygen atoms in total. The summed E-state index contributed by atoms with van der Waals surface area (Å²) in [4.78, 5) is 0. The Morgan fingerprint density at radius 3 is 2.95 bits per heavy atom. The van der Waals surface area contributed by atoms with Crippen LogP contribution in [0.1, 0.15) is 37.8 Å². The number of ether oxygens (including phenoxy) is 2. The second kappa shape index (κ2) is 6.10. The Bertz CT molecular complexity index is 543. The third-order valence-corrected chi connectivity index (χ3v) is 3.99. The van der Waals surface area contributed by atoms with Gasteiger partial charge < -0.3 is 20.1 Å². The van der Waals surface area contributed by atoms with Crippen LogP contribution in [0.2, 0.25) is 0 Å². The zero-order valence-corrected chi connectivity index (χ0v) is 13.4. The molecule has 0 bridgehead atoms. The lowest BCUT2D eigenvalue weighted by atomic mass is 10.1. The Hall–Kier alpha value is -1.49. The average Bonchev–Trinajstić information content (AvgIpc) is 3.16. The Morgan fingerprint density at radius 1 is 1.43 bits per heavy atom. The molecule has 0 unspecified atom stereocenters. The minimum atomic E-state index is 0.246. The maximum atomic E-state index is 5.83. The van der Waals surface area contributed by atoms with Crippen molar-refractivity contribution in [3.63, 3.8) is 0 Å². The molecule has 0 spiro atoms. The minimum Gasteiger partial charge on any atom is -0.494 e. The normalized spacial score (nSPS) is 19.6. The average molecular weight is 306 g/mol. The summed E-state index contributed by atoms with van der Waals surface area (Å²) in [6.45, 7) is 5.40. The van der Waals surface area contributed by atoms with Gasteiger partial charge in [-0.1, -0.05) is 0 Å². The van der Waals surface area contributed by atoms with E-state index in [1.54, 1.807) is 0 Å². The molecule has 1 aromatic rings. The highest BCUT2D eigenvalue weighted by molar-refractivity contribution is 7.80. The molecule has 0 amide bonds. The van der Waals surface area contributed by atoms with Gasteiger partial charge in [-0.3, -0.25) is 0 Å². The van der Waals surface area contributed by atoms with Crippen molar-refractivity contribution in [2.24, 2.45) is 0 Å². The molecule has 2 N–H and O–H groups in total. The second-order valence-electron chi connectivity index (χ2n) is 5.73. The Balaban J connectivity index is 1.70. The molecule has 1 aromatic carbocycles. The van der Waals surface area contributed by atoms with Crippen LogP contribution in [0.3, 0.4) is 0 Å². The molecule has 1 heterocycles. The zero-order chi connectivity index (χ0) is 14.8. The lowest BCUT2D eigenvalue weighted by molar-refractivity contribution is 0.254. The Morgan fingerprint density at radius 2 is 2.24 bits per heavy atom. The van der Waals surface area contributed by atoms with Gasteiger partial charge in [0.25, 0.3) is 0 Å². The number of hydrogen-bond donors (Lipinski definition) is 2. The molecule has 1 fully saturated rings. The third-order valence-electron chi connectivity index (χ3n) is 3.73. The molecule has 5 heteroatoms. The molecule has 0 aromatic heterocycles. The van der Waals surface area contributed by atoms with Crippen molar-refractivity contribution in [1.82, 2.24) is 10.6 Å². The zero-order valence-electron chi connectivity index (χ0n) is 12.6. The Kier molecular flexibility index (Phi) is 4.19. The summed E-state index contributed by atoms with van der Waals surface area (Å²) >= 11 is 5.30. The largest absolute Gasteiger partial charge is 0.494 e. The topological polar surface area (TPSA) is 42.5 Å². The predicted octanol–water partition coefficient (Wildman–Crippen LogP) is 2.54. The first-order chi connectivity index (χ1) is 10.2. The second-order valence-corrected chi connectivity index (χ2v) is 6.14. The van der Waals surface area contributed by atoms with Crippen LogP contribution in [0, 0.1) is 0 Å². The van der Waals surface area contributed by atoms with Gasteiger partial charge in [-0.05, 0) is 51.0 Å². The van der Waals surface area contributed by atoms with E-state index >= 15 is 0 Å². The van der Waals surface area contributed by atoms with Crippen LogP contribution in [0.25, 0.3) is 0 Å². The molecule has 21 heavy (non-hydrogen) atoms. The van der Waals surface area contributed by atoms with Crippen molar-refractivity contribution in [3.8, 4) is 11.5 Å². The fourth-order valence-electron chi connectivity index (χ4n) is 2.55. The monoisotopic (exact) mass is 306 g/mol. The van der Waals surface area contributed by atoms with Crippen molar-refractivity contribution in [1.29, 1.82) is 0 Å². The van der Waals surface area contributed by atoms with Gasteiger partial charge >= 0.3 is 0 Å². The molecule has 0 radical (unpaired) electrons. The molecular formula is C16H22N2O2S. The van der Waals surface area contributed by atoms with Crippen molar-refractivity contribution in [2.45, 2.75) is 51.8 Å². The Labute approximate surface area is 131 Å². The van der Waals surface area contributed by atoms with E-state index in [-0.39, 0.29) is 6.10 Å². The summed E-state index contributed by atoms with van der Waals surface area (Å²) in [7, 11) is 0. The predicted molar refractivity (Wildman–Crippen MR) is 87.0 cm³/mol. The van der Waals surface area contributed by atoms with Crippen LogP contribution < -0.4 is 20.1 Å². The van der Waals surface area contributed by atoms with Crippen LogP contribution in [0.15, 0.2) is 12.1 Å². The van der Waals surface area contributed by atoms with Crippen LogP contribution in [-0.2, 0) is 13.0 Å². The molecule has 1 aliphatic heterocycles. The summed E-state index contributed by atoms with van der Waals surface area (Å²) in [6.07, 6.45) is 3.63. The van der Waals surface area contributed by atoms with Crippen LogP contribution in [0.4, 0.5) is 0 Å². The highest BCUT2D eigenvalue weighted by Crippen LogP contribution is 2.35. The maximum absolute atomic E-state index is 5.83. The molecule has 3 rings (SSSR count). The van der Waals surface area contributed by atoms with Crippen molar-refractivity contribution < 1.29 is 9.47 Å². The molecule has 1 saturated carbocycles. The van der Waals surface area contributed by atoms with Crippen molar-refractivity contribution >= 4 is 17.3 Å². The first kappa shape index (κ1) is 14.4. The van der Waals surface area contributed by atoms with E-state index < -0.39 is 0 Å². The number of rotatable bonds is 5. The quantitative estimate of drug-likeness (QED) is 0.818. The smallest absolute Gasteiger partial charge is 0.166 e. The molecule has 114 valence electrons. The van der Waals surface area contributed by atoms with E-state index in [0.717, 1.165) is 28.6 Å². The van der Waals surface area contributed by atoms with Crippen LogP contribution >= 0.6 is 12.2 Å². The van der Waals surface area contributed by atoms with Gasteiger partial charge in [0, 0.05) is 30.1 Å². The third kappa shape index (κ3) is 3.59. The van der Waals surface area contributed by atoms with Crippen LogP contribution in [-0.4, -0.2) is 23.9 Å². The molecule has 1 atom stereocenters. The van der Waals surface area contributed by atoms with Gasteiger partial charge in [-0.25, -0.2) is 0 Å². The minimum absolute atomic E-state index is 0.246. The van der Waals surface area contributed by atoms with Gasteiger partial charge in [0.15, 0.2) is 5.11 Å². The molecule has 2 aliphatic rings. The highest BCUT2D eigenvalue weighted by atomic mass is 32.1. The number of fused-ring (bicyclic) bond motifs is 1. The first-order valence-electron chi connectivity index (χ1n) is 7.65.